The van der Waals surface area contributed by atoms with Gasteiger partial charge in [-0.25, -0.2) is 14.4 Å². The van der Waals surface area contributed by atoms with E-state index in [1.54, 1.807) is 18.3 Å². The standard InChI is InChI=1S/C18H18FN5/c19-14-6-4-13(5-7-14)17-16(15-8-9-20-12-21-15)18(23-22-17)24-10-2-1-3-11-24/h4-9,12H,1-3,10-11H2,(H,22,23). The van der Waals surface area contributed by atoms with Gasteiger partial charge in [-0.05, 0) is 49.6 Å². The molecule has 0 unspecified atom stereocenters. The van der Waals surface area contributed by atoms with E-state index in [4.69, 9.17) is 0 Å². The van der Waals surface area contributed by atoms with E-state index in [0.29, 0.717) is 0 Å². The Hall–Kier alpha value is -2.76. The van der Waals surface area contributed by atoms with Gasteiger partial charge in [0, 0.05) is 24.8 Å². The molecule has 0 aliphatic carbocycles. The zero-order chi connectivity index (χ0) is 16.4. The molecule has 0 atom stereocenters. The van der Waals surface area contributed by atoms with E-state index in [2.05, 4.69) is 25.1 Å². The summed E-state index contributed by atoms with van der Waals surface area (Å²) in [4.78, 5) is 10.7. The Labute approximate surface area is 139 Å². The van der Waals surface area contributed by atoms with Crippen molar-refractivity contribution in [2.45, 2.75) is 19.3 Å². The maximum atomic E-state index is 13.3. The highest BCUT2D eigenvalue weighted by Crippen LogP contribution is 2.37. The van der Waals surface area contributed by atoms with Crippen molar-refractivity contribution in [1.29, 1.82) is 0 Å². The van der Waals surface area contributed by atoms with Gasteiger partial charge in [0.2, 0.25) is 0 Å². The molecular formula is C18H18FN5. The lowest BCUT2D eigenvalue weighted by molar-refractivity contribution is 0.573. The summed E-state index contributed by atoms with van der Waals surface area (Å²) in [6.45, 7) is 1.98. The number of rotatable bonds is 3. The Kier molecular flexibility index (Phi) is 3.94. The first-order valence-corrected chi connectivity index (χ1v) is 8.18. The summed E-state index contributed by atoms with van der Waals surface area (Å²) in [5.41, 5.74) is 3.51. The van der Waals surface area contributed by atoms with Gasteiger partial charge in [0.15, 0.2) is 5.82 Å². The topological polar surface area (TPSA) is 57.7 Å². The zero-order valence-corrected chi connectivity index (χ0v) is 13.2. The summed E-state index contributed by atoms with van der Waals surface area (Å²) in [7, 11) is 0. The van der Waals surface area contributed by atoms with Gasteiger partial charge >= 0.3 is 0 Å². The van der Waals surface area contributed by atoms with Crippen LogP contribution in [-0.2, 0) is 0 Å². The number of benzene rings is 1. The number of anilines is 1. The molecule has 5 nitrogen and oxygen atoms in total. The van der Waals surface area contributed by atoms with Crippen LogP contribution in [0.3, 0.4) is 0 Å². The van der Waals surface area contributed by atoms with Crippen LogP contribution in [0.1, 0.15) is 19.3 Å². The number of hydrogen-bond donors (Lipinski definition) is 1. The molecule has 24 heavy (non-hydrogen) atoms. The molecule has 3 aromatic rings. The van der Waals surface area contributed by atoms with Crippen molar-refractivity contribution >= 4 is 5.82 Å². The van der Waals surface area contributed by atoms with Crippen molar-refractivity contribution in [3.63, 3.8) is 0 Å². The van der Waals surface area contributed by atoms with E-state index in [0.717, 1.165) is 41.4 Å². The normalized spacial score (nSPS) is 14.8. The number of H-pyrrole nitrogens is 1. The highest BCUT2D eigenvalue weighted by atomic mass is 19.1. The molecule has 3 heterocycles. The van der Waals surface area contributed by atoms with Crippen LogP contribution in [0.2, 0.25) is 0 Å². The maximum Gasteiger partial charge on any atom is 0.160 e. The van der Waals surface area contributed by atoms with Gasteiger partial charge < -0.3 is 4.90 Å². The summed E-state index contributed by atoms with van der Waals surface area (Å²) in [5, 5.41) is 7.69. The molecule has 1 fully saturated rings. The van der Waals surface area contributed by atoms with Gasteiger partial charge in [0.1, 0.15) is 12.1 Å². The average Bonchev–Trinajstić information content (AvgIpc) is 3.09. The Morgan fingerprint density at radius 2 is 1.79 bits per heavy atom. The van der Waals surface area contributed by atoms with E-state index in [9.17, 15) is 4.39 Å². The molecule has 1 aromatic carbocycles. The SMILES string of the molecule is Fc1ccc(-c2[nH]nc(N3CCCCC3)c2-c2ccncn2)cc1. The first kappa shape index (κ1) is 14.8. The van der Waals surface area contributed by atoms with Crippen LogP contribution in [0.25, 0.3) is 22.5 Å². The minimum Gasteiger partial charge on any atom is -0.355 e. The summed E-state index contributed by atoms with van der Waals surface area (Å²) in [6.07, 6.45) is 6.86. The van der Waals surface area contributed by atoms with Crippen LogP contribution in [0.4, 0.5) is 10.2 Å². The van der Waals surface area contributed by atoms with Crippen LogP contribution in [-0.4, -0.2) is 33.3 Å². The van der Waals surface area contributed by atoms with Crippen molar-refractivity contribution in [2.24, 2.45) is 0 Å². The second-order valence-electron chi connectivity index (χ2n) is 5.95. The molecule has 2 aromatic heterocycles. The third-order valence-electron chi connectivity index (χ3n) is 4.37. The predicted octanol–water partition coefficient (Wildman–Crippen LogP) is 3.66. The molecular weight excluding hydrogens is 305 g/mol. The number of nitrogens with zero attached hydrogens (tertiary/aromatic N) is 4. The fourth-order valence-corrected chi connectivity index (χ4v) is 3.17. The number of aromatic amines is 1. The maximum absolute atomic E-state index is 13.3. The molecule has 1 N–H and O–H groups in total. The molecule has 1 aliphatic rings. The predicted molar refractivity (Wildman–Crippen MR) is 91.1 cm³/mol. The lowest BCUT2D eigenvalue weighted by atomic mass is 10.0. The van der Waals surface area contributed by atoms with Gasteiger partial charge in [-0.1, -0.05) is 0 Å². The summed E-state index contributed by atoms with van der Waals surface area (Å²) in [6, 6.07) is 8.31. The zero-order valence-electron chi connectivity index (χ0n) is 13.2. The summed E-state index contributed by atoms with van der Waals surface area (Å²) in [5.74, 6) is 0.658. The number of halogens is 1. The molecule has 0 radical (unpaired) electrons. The quantitative estimate of drug-likeness (QED) is 0.799. The Morgan fingerprint density at radius 1 is 1.00 bits per heavy atom. The van der Waals surface area contributed by atoms with Crippen LogP contribution in [0.5, 0.6) is 0 Å². The minimum atomic E-state index is -0.252. The second kappa shape index (κ2) is 6.39. The number of piperidine rings is 1. The lowest BCUT2D eigenvalue weighted by Gasteiger charge is -2.27. The van der Waals surface area contributed by atoms with Crippen LogP contribution < -0.4 is 4.90 Å². The molecule has 4 rings (SSSR count). The van der Waals surface area contributed by atoms with Crippen molar-refractivity contribution in [3.05, 3.63) is 48.7 Å². The van der Waals surface area contributed by atoms with Crippen LogP contribution in [0, 0.1) is 5.82 Å². The van der Waals surface area contributed by atoms with Crippen molar-refractivity contribution in [2.75, 3.05) is 18.0 Å². The highest BCUT2D eigenvalue weighted by Gasteiger charge is 2.23. The van der Waals surface area contributed by atoms with Crippen molar-refractivity contribution < 1.29 is 4.39 Å². The third kappa shape index (κ3) is 2.75. The van der Waals surface area contributed by atoms with Crippen molar-refractivity contribution in [1.82, 2.24) is 20.2 Å². The summed E-state index contributed by atoms with van der Waals surface area (Å²) >= 11 is 0. The van der Waals surface area contributed by atoms with Gasteiger partial charge in [0.25, 0.3) is 0 Å². The number of hydrogen-bond acceptors (Lipinski definition) is 4. The molecule has 1 aliphatic heterocycles. The molecule has 0 bridgehead atoms. The van der Waals surface area contributed by atoms with Gasteiger partial charge in [0.05, 0.1) is 17.0 Å². The average molecular weight is 323 g/mol. The van der Waals surface area contributed by atoms with Crippen molar-refractivity contribution in [3.8, 4) is 22.5 Å². The Bertz CT molecular complexity index is 807. The van der Waals surface area contributed by atoms with E-state index in [1.807, 2.05) is 6.07 Å². The Morgan fingerprint density at radius 3 is 2.50 bits per heavy atom. The molecule has 1 saturated heterocycles. The molecule has 6 heteroatoms. The molecule has 0 spiro atoms. The minimum absolute atomic E-state index is 0.252. The Balaban J connectivity index is 1.84. The summed E-state index contributed by atoms with van der Waals surface area (Å²) < 4.78 is 13.3. The fraction of sp³-hybridized carbons (Fsp3) is 0.278. The van der Waals surface area contributed by atoms with Gasteiger partial charge in [-0.15, -0.1) is 0 Å². The molecule has 0 saturated carbocycles. The first-order valence-electron chi connectivity index (χ1n) is 8.18. The first-order chi connectivity index (χ1) is 11.8. The van der Waals surface area contributed by atoms with E-state index < -0.39 is 0 Å². The largest absolute Gasteiger partial charge is 0.355 e. The number of nitrogens with one attached hydrogen (secondary N) is 1. The van der Waals surface area contributed by atoms with Gasteiger partial charge in [-0.2, -0.15) is 5.10 Å². The second-order valence-corrected chi connectivity index (χ2v) is 5.95. The molecule has 0 amide bonds. The van der Waals surface area contributed by atoms with E-state index >= 15 is 0 Å². The van der Waals surface area contributed by atoms with E-state index in [-0.39, 0.29) is 5.82 Å². The smallest absolute Gasteiger partial charge is 0.160 e. The number of aromatic nitrogens is 4. The lowest BCUT2D eigenvalue weighted by Crippen LogP contribution is -2.30. The fourth-order valence-electron chi connectivity index (χ4n) is 3.17. The van der Waals surface area contributed by atoms with Crippen LogP contribution in [0.15, 0.2) is 42.9 Å². The highest BCUT2D eigenvalue weighted by molar-refractivity contribution is 5.87. The molecule has 122 valence electrons. The van der Waals surface area contributed by atoms with E-state index in [1.165, 1.54) is 37.7 Å². The van der Waals surface area contributed by atoms with Crippen LogP contribution >= 0.6 is 0 Å². The third-order valence-corrected chi connectivity index (χ3v) is 4.37. The monoisotopic (exact) mass is 323 g/mol. The van der Waals surface area contributed by atoms with Gasteiger partial charge in [-0.3, -0.25) is 5.10 Å².